The molecule has 1 saturated heterocycles. The van der Waals surface area contributed by atoms with Gasteiger partial charge >= 0.3 is 0 Å². The predicted octanol–water partition coefficient (Wildman–Crippen LogP) is 3.93. The lowest BCUT2D eigenvalue weighted by Gasteiger charge is -2.42. The smallest absolute Gasteiger partial charge is 0.148 e. The fourth-order valence-electron chi connectivity index (χ4n) is 2.92. The van der Waals surface area contributed by atoms with Crippen molar-refractivity contribution in [3.63, 3.8) is 0 Å². The first-order valence-corrected chi connectivity index (χ1v) is 8.34. The van der Waals surface area contributed by atoms with Crippen LogP contribution >= 0.6 is 15.9 Å². The Morgan fingerprint density at radius 1 is 1.35 bits per heavy atom. The summed E-state index contributed by atoms with van der Waals surface area (Å²) in [6.07, 6.45) is 4.04. The second-order valence-electron chi connectivity index (χ2n) is 6.00. The van der Waals surface area contributed by atoms with Gasteiger partial charge in [-0.2, -0.15) is 0 Å². The standard InChI is InChI=1S/C15H25BrN4/c1-5-6-17-14-13(16)15(19-9-18-14)20-8-10(2)7-11(3)12(20)4/h9-12H,5-8H2,1-4H3,(H,17,18,19). The van der Waals surface area contributed by atoms with Gasteiger partial charge in [0.2, 0.25) is 0 Å². The van der Waals surface area contributed by atoms with E-state index in [-0.39, 0.29) is 0 Å². The average Bonchev–Trinajstić information content (AvgIpc) is 2.42. The zero-order valence-electron chi connectivity index (χ0n) is 12.9. The van der Waals surface area contributed by atoms with Crippen molar-refractivity contribution in [1.82, 2.24) is 9.97 Å². The van der Waals surface area contributed by atoms with Crippen molar-refractivity contribution in [3.05, 3.63) is 10.8 Å². The van der Waals surface area contributed by atoms with E-state index in [0.29, 0.717) is 17.9 Å². The van der Waals surface area contributed by atoms with Gasteiger partial charge in [-0.15, -0.1) is 0 Å². The van der Waals surface area contributed by atoms with Gasteiger partial charge in [0.05, 0.1) is 0 Å². The van der Waals surface area contributed by atoms with Crippen molar-refractivity contribution < 1.29 is 0 Å². The van der Waals surface area contributed by atoms with Crippen molar-refractivity contribution in [3.8, 4) is 0 Å². The Balaban J connectivity index is 2.27. The number of anilines is 2. The minimum atomic E-state index is 0.511. The molecular formula is C15H25BrN4. The van der Waals surface area contributed by atoms with Gasteiger partial charge < -0.3 is 10.2 Å². The first kappa shape index (κ1) is 15.5. The molecule has 0 bridgehead atoms. The third-order valence-corrected chi connectivity index (χ3v) is 4.91. The molecule has 1 aromatic rings. The molecule has 0 aromatic carbocycles. The van der Waals surface area contributed by atoms with Crippen molar-refractivity contribution in [2.45, 2.75) is 46.6 Å². The van der Waals surface area contributed by atoms with E-state index in [1.807, 2.05) is 0 Å². The van der Waals surface area contributed by atoms with Gasteiger partial charge in [0, 0.05) is 19.1 Å². The molecular weight excluding hydrogens is 316 g/mol. The maximum atomic E-state index is 4.52. The number of nitrogens with zero attached hydrogens (tertiary/aromatic N) is 3. The molecule has 2 rings (SSSR count). The highest BCUT2D eigenvalue weighted by atomic mass is 79.9. The Morgan fingerprint density at radius 3 is 2.80 bits per heavy atom. The second-order valence-corrected chi connectivity index (χ2v) is 6.79. The van der Waals surface area contributed by atoms with Crippen LogP contribution in [0.2, 0.25) is 0 Å². The monoisotopic (exact) mass is 340 g/mol. The van der Waals surface area contributed by atoms with Crippen LogP contribution in [0.3, 0.4) is 0 Å². The lowest BCUT2D eigenvalue weighted by atomic mass is 9.86. The number of halogens is 1. The highest BCUT2D eigenvalue weighted by Gasteiger charge is 2.31. The molecule has 3 atom stereocenters. The highest BCUT2D eigenvalue weighted by Crippen LogP contribution is 2.36. The van der Waals surface area contributed by atoms with Crippen molar-refractivity contribution >= 4 is 27.6 Å². The molecule has 20 heavy (non-hydrogen) atoms. The zero-order chi connectivity index (χ0) is 14.7. The van der Waals surface area contributed by atoms with Crippen LogP contribution in [-0.2, 0) is 0 Å². The molecule has 2 heterocycles. The predicted molar refractivity (Wildman–Crippen MR) is 88.3 cm³/mol. The van der Waals surface area contributed by atoms with E-state index in [1.165, 1.54) is 6.42 Å². The molecule has 1 aliphatic heterocycles. The topological polar surface area (TPSA) is 41.1 Å². The Labute approximate surface area is 130 Å². The number of aromatic nitrogens is 2. The van der Waals surface area contributed by atoms with Crippen LogP contribution in [0.4, 0.5) is 11.6 Å². The Morgan fingerprint density at radius 2 is 2.10 bits per heavy atom. The zero-order valence-corrected chi connectivity index (χ0v) is 14.4. The summed E-state index contributed by atoms with van der Waals surface area (Å²) in [4.78, 5) is 11.3. The highest BCUT2D eigenvalue weighted by molar-refractivity contribution is 9.10. The van der Waals surface area contributed by atoms with Crippen LogP contribution in [0.15, 0.2) is 10.8 Å². The van der Waals surface area contributed by atoms with Crippen molar-refractivity contribution in [2.24, 2.45) is 11.8 Å². The summed E-state index contributed by atoms with van der Waals surface area (Å²) in [5.41, 5.74) is 0. The molecule has 0 saturated carbocycles. The normalized spacial score (nSPS) is 26.6. The molecule has 5 heteroatoms. The van der Waals surface area contributed by atoms with Gasteiger partial charge in [0.15, 0.2) is 0 Å². The summed E-state index contributed by atoms with van der Waals surface area (Å²) < 4.78 is 0.988. The summed E-state index contributed by atoms with van der Waals surface area (Å²) in [5, 5.41) is 3.35. The summed E-state index contributed by atoms with van der Waals surface area (Å²) in [6.45, 7) is 11.1. The molecule has 1 aromatic heterocycles. The molecule has 0 amide bonds. The van der Waals surface area contributed by atoms with Gasteiger partial charge in [0.1, 0.15) is 22.4 Å². The molecule has 1 aliphatic rings. The van der Waals surface area contributed by atoms with Crippen molar-refractivity contribution in [1.29, 1.82) is 0 Å². The maximum absolute atomic E-state index is 4.52. The van der Waals surface area contributed by atoms with E-state index < -0.39 is 0 Å². The average molecular weight is 341 g/mol. The first-order valence-electron chi connectivity index (χ1n) is 7.55. The van der Waals surface area contributed by atoms with Crippen LogP contribution in [0.5, 0.6) is 0 Å². The summed E-state index contributed by atoms with van der Waals surface area (Å²) in [7, 11) is 0. The van der Waals surface area contributed by atoms with E-state index in [4.69, 9.17) is 0 Å². The molecule has 0 radical (unpaired) electrons. The Hall–Kier alpha value is -0.840. The molecule has 0 spiro atoms. The number of rotatable bonds is 4. The number of hydrogen-bond acceptors (Lipinski definition) is 4. The third-order valence-electron chi connectivity index (χ3n) is 4.18. The van der Waals surface area contributed by atoms with E-state index >= 15 is 0 Å². The van der Waals surface area contributed by atoms with Crippen molar-refractivity contribution in [2.75, 3.05) is 23.3 Å². The van der Waals surface area contributed by atoms with Crippen LogP contribution in [0, 0.1) is 11.8 Å². The van der Waals surface area contributed by atoms with Crippen LogP contribution in [-0.4, -0.2) is 29.1 Å². The minimum Gasteiger partial charge on any atom is -0.369 e. The van der Waals surface area contributed by atoms with Gasteiger partial charge in [-0.1, -0.05) is 20.8 Å². The number of hydrogen-bond donors (Lipinski definition) is 1. The maximum Gasteiger partial charge on any atom is 0.148 e. The van der Waals surface area contributed by atoms with Crippen LogP contribution < -0.4 is 10.2 Å². The minimum absolute atomic E-state index is 0.511. The molecule has 3 unspecified atom stereocenters. The molecule has 112 valence electrons. The second kappa shape index (κ2) is 6.74. The quantitative estimate of drug-likeness (QED) is 0.901. The largest absolute Gasteiger partial charge is 0.369 e. The molecule has 4 nitrogen and oxygen atoms in total. The van der Waals surface area contributed by atoms with Crippen LogP contribution in [0.1, 0.15) is 40.5 Å². The SMILES string of the molecule is CCCNc1ncnc(N2CC(C)CC(C)C2C)c1Br. The van der Waals surface area contributed by atoms with Gasteiger partial charge in [-0.05, 0) is 47.5 Å². The van der Waals surface area contributed by atoms with E-state index in [2.05, 4.69) is 63.8 Å². The van der Waals surface area contributed by atoms with E-state index in [1.54, 1.807) is 6.33 Å². The molecule has 1 N–H and O–H groups in total. The Kier molecular flexibility index (Phi) is 5.24. The fourth-order valence-corrected chi connectivity index (χ4v) is 3.49. The lowest BCUT2D eigenvalue weighted by Crippen LogP contribution is -2.46. The summed E-state index contributed by atoms with van der Waals surface area (Å²) >= 11 is 3.69. The van der Waals surface area contributed by atoms with Gasteiger partial charge in [-0.25, -0.2) is 9.97 Å². The van der Waals surface area contributed by atoms with Crippen LogP contribution in [0.25, 0.3) is 0 Å². The van der Waals surface area contributed by atoms with E-state index in [9.17, 15) is 0 Å². The summed E-state index contributed by atoms with van der Waals surface area (Å²) in [5.74, 6) is 3.31. The lowest BCUT2D eigenvalue weighted by molar-refractivity contribution is 0.295. The number of nitrogens with one attached hydrogen (secondary N) is 1. The van der Waals surface area contributed by atoms with Gasteiger partial charge in [0.25, 0.3) is 0 Å². The number of piperidine rings is 1. The third kappa shape index (κ3) is 3.25. The fraction of sp³-hybridized carbons (Fsp3) is 0.733. The Bertz CT molecular complexity index is 451. The summed E-state index contributed by atoms with van der Waals surface area (Å²) in [6, 6.07) is 0.511. The molecule has 1 fully saturated rings. The van der Waals surface area contributed by atoms with Gasteiger partial charge in [-0.3, -0.25) is 0 Å². The van der Waals surface area contributed by atoms with E-state index in [0.717, 1.165) is 35.6 Å². The molecule has 0 aliphatic carbocycles. The first-order chi connectivity index (χ1) is 9.54.